The SMILES string of the molecule is CCCCOc1ccc(C(=O)N=c2sc3cc(C)c(C)cc3n2CC(=O)OC)cc1. The van der Waals surface area contributed by atoms with Gasteiger partial charge in [-0.05, 0) is 67.8 Å². The van der Waals surface area contributed by atoms with E-state index in [4.69, 9.17) is 9.47 Å². The van der Waals surface area contributed by atoms with Crippen LogP contribution < -0.4 is 9.54 Å². The fourth-order valence-electron chi connectivity index (χ4n) is 2.93. The van der Waals surface area contributed by atoms with E-state index in [1.54, 1.807) is 28.8 Å². The number of methoxy groups -OCH3 is 1. The molecule has 7 heteroatoms. The first-order valence-electron chi connectivity index (χ1n) is 9.92. The first kappa shape index (κ1) is 21.8. The van der Waals surface area contributed by atoms with Crippen molar-refractivity contribution in [2.45, 2.75) is 40.2 Å². The van der Waals surface area contributed by atoms with Gasteiger partial charge >= 0.3 is 5.97 Å². The van der Waals surface area contributed by atoms with Crippen molar-refractivity contribution in [1.29, 1.82) is 0 Å². The van der Waals surface area contributed by atoms with Crippen molar-refractivity contribution >= 4 is 33.4 Å². The van der Waals surface area contributed by atoms with E-state index in [9.17, 15) is 9.59 Å². The van der Waals surface area contributed by atoms with Crippen LogP contribution in [-0.2, 0) is 16.1 Å². The summed E-state index contributed by atoms with van der Waals surface area (Å²) in [5.41, 5.74) is 3.58. The number of carbonyl (C=O) groups is 2. The first-order chi connectivity index (χ1) is 14.4. The monoisotopic (exact) mass is 426 g/mol. The lowest BCUT2D eigenvalue weighted by molar-refractivity contribution is -0.141. The number of esters is 1. The zero-order valence-corrected chi connectivity index (χ0v) is 18.5. The third-order valence-corrected chi connectivity index (χ3v) is 5.92. The van der Waals surface area contributed by atoms with E-state index in [1.807, 2.05) is 19.9 Å². The Labute approximate surface area is 179 Å². The van der Waals surface area contributed by atoms with Crippen LogP contribution in [0.4, 0.5) is 0 Å². The van der Waals surface area contributed by atoms with E-state index >= 15 is 0 Å². The number of aryl methyl sites for hydroxylation is 2. The maximum Gasteiger partial charge on any atom is 0.325 e. The summed E-state index contributed by atoms with van der Waals surface area (Å²) in [6.45, 7) is 6.81. The largest absolute Gasteiger partial charge is 0.494 e. The van der Waals surface area contributed by atoms with Crippen molar-refractivity contribution in [3.05, 3.63) is 57.9 Å². The number of thiazole rings is 1. The highest BCUT2D eigenvalue weighted by atomic mass is 32.1. The van der Waals surface area contributed by atoms with E-state index in [-0.39, 0.29) is 12.5 Å². The van der Waals surface area contributed by atoms with Crippen molar-refractivity contribution in [2.75, 3.05) is 13.7 Å². The molecular formula is C23H26N2O4S. The van der Waals surface area contributed by atoms with Gasteiger partial charge in [0.2, 0.25) is 0 Å². The molecule has 1 heterocycles. The lowest BCUT2D eigenvalue weighted by atomic mass is 10.1. The Morgan fingerprint density at radius 1 is 1.10 bits per heavy atom. The van der Waals surface area contributed by atoms with Gasteiger partial charge in [-0.25, -0.2) is 0 Å². The Hall–Kier alpha value is -2.93. The summed E-state index contributed by atoms with van der Waals surface area (Å²) in [6.07, 6.45) is 2.05. The highest BCUT2D eigenvalue weighted by Gasteiger charge is 2.13. The predicted octanol–water partition coefficient (Wildman–Crippen LogP) is 4.41. The standard InChI is InChI=1S/C23H26N2O4S/c1-5-6-11-29-18-9-7-17(8-10-18)22(27)24-23-25(14-21(26)28-4)19-12-15(2)16(3)13-20(19)30-23/h7-10,12-13H,5-6,11,14H2,1-4H3. The summed E-state index contributed by atoms with van der Waals surface area (Å²) in [7, 11) is 1.35. The molecule has 0 atom stereocenters. The van der Waals surface area contributed by atoms with Crippen LogP contribution >= 0.6 is 11.3 Å². The number of hydrogen-bond acceptors (Lipinski definition) is 5. The van der Waals surface area contributed by atoms with Gasteiger partial charge in [-0.15, -0.1) is 0 Å². The number of hydrogen-bond donors (Lipinski definition) is 0. The van der Waals surface area contributed by atoms with E-state index in [1.165, 1.54) is 18.4 Å². The molecule has 0 spiro atoms. The number of amides is 1. The number of nitrogens with zero attached hydrogens (tertiary/aromatic N) is 2. The number of rotatable bonds is 7. The molecule has 1 aromatic heterocycles. The molecule has 0 aliphatic rings. The minimum atomic E-state index is -0.393. The Kier molecular flexibility index (Phi) is 7.05. The maximum absolute atomic E-state index is 12.8. The number of benzene rings is 2. The molecule has 3 rings (SSSR count). The topological polar surface area (TPSA) is 69.9 Å². The molecule has 6 nitrogen and oxygen atoms in total. The molecule has 1 amide bonds. The van der Waals surface area contributed by atoms with Crippen LogP contribution in [0.25, 0.3) is 10.2 Å². The van der Waals surface area contributed by atoms with Crippen LogP contribution in [0.2, 0.25) is 0 Å². The molecule has 30 heavy (non-hydrogen) atoms. The van der Waals surface area contributed by atoms with Crippen LogP contribution in [0.15, 0.2) is 41.4 Å². The molecule has 0 saturated carbocycles. The summed E-state index contributed by atoms with van der Waals surface area (Å²) >= 11 is 1.38. The normalized spacial score (nSPS) is 11.7. The first-order valence-corrected chi connectivity index (χ1v) is 10.7. The lowest BCUT2D eigenvalue weighted by Gasteiger charge is -2.06. The molecule has 0 bridgehead atoms. The van der Waals surface area contributed by atoms with Crippen LogP contribution in [0.3, 0.4) is 0 Å². The van der Waals surface area contributed by atoms with Crippen LogP contribution in [0.5, 0.6) is 5.75 Å². The Morgan fingerprint density at radius 2 is 1.80 bits per heavy atom. The third kappa shape index (κ3) is 4.97. The highest BCUT2D eigenvalue weighted by molar-refractivity contribution is 7.16. The third-order valence-electron chi connectivity index (χ3n) is 4.88. The second-order valence-corrected chi connectivity index (χ2v) is 8.10. The minimum absolute atomic E-state index is 0.00464. The summed E-state index contributed by atoms with van der Waals surface area (Å²) in [5, 5.41) is 0. The van der Waals surface area contributed by atoms with Gasteiger partial charge in [-0.2, -0.15) is 4.99 Å². The molecule has 0 aliphatic carbocycles. The van der Waals surface area contributed by atoms with E-state index in [0.717, 1.165) is 39.9 Å². The fourth-order valence-corrected chi connectivity index (χ4v) is 4.04. The van der Waals surface area contributed by atoms with Gasteiger partial charge in [0, 0.05) is 5.56 Å². The molecule has 158 valence electrons. The van der Waals surface area contributed by atoms with E-state index in [0.29, 0.717) is 17.0 Å². The molecule has 2 aromatic carbocycles. The molecular weight excluding hydrogens is 400 g/mol. The average Bonchev–Trinajstić information content (AvgIpc) is 3.04. The molecule has 0 radical (unpaired) electrons. The number of aromatic nitrogens is 1. The maximum atomic E-state index is 12.8. The predicted molar refractivity (Wildman–Crippen MR) is 118 cm³/mol. The van der Waals surface area contributed by atoms with Gasteiger partial charge in [0.05, 0.1) is 23.9 Å². The second kappa shape index (κ2) is 9.71. The van der Waals surface area contributed by atoms with E-state index < -0.39 is 5.97 Å². The zero-order valence-electron chi connectivity index (χ0n) is 17.7. The quantitative estimate of drug-likeness (QED) is 0.414. The van der Waals surface area contributed by atoms with Gasteiger partial charge in [0.25, 0.3) is 5.91 Å². The van der Waals surface area contributed by atoms with Gasteiger partial charge in [-0.1, -0.05) is 24.7 Å². The van der Waals surface area contributed by atoms with Crippen molar-refractivity contribution in [3.63, 3.8) is 0 Å². The summed E-state index contributed by atoms with van der Waals surface area (Å²) < 4.78 is 13.2. The van der Waals surface area contributed by atoms with Crippen molar-refractivity contribution in [2.24, 2.45) is 4.99 Å². The molecule has 0 fully saturated rings. The zero-order chi connectivity index (χ0) is 21.7. The Bertz CT molecular complexity index is 1130. The van der Waals surface area contributed by atoms with Crippen molar-refractivity contribution in [1.82, 2.24) is 4.57 Å². The molecule has 0 saturated heterocycles. The fraction of sp³-hybridized carbons (Fsp3) is 0.348. The van der Waals surface area contributed by atoms with Crippen LogP contribution in [-0.4, -0.2) is 30.2 Å². The summed E-state index contributed by atoms with van der Waals surface area (Å²) in [4.78, 5) is 29.5. The Balaban J connectivity index is 1.96. The molecule has 0 N–H and O–H groups in total. The van der Waals surface area contributed by atoms with Gasteiger partial charge in [0.1, 0.15) is 12.3 Å². The van der Waals surface area contributed by atoms with Crippen molar-refractivity contribution in [3.8, 4) is 5.75 Å². The Morgan fingerprint density at radius 3 is 2.47 bits per heavy atom. The molecule has 0 aliphatic heterocycles. The second-order valence-electron chi connectivity index (χ2n) is 7.09. The minimum Gasteiger partial charge on any atom is -0.494 e. The van der Waals surface area contributed by atoms with Crippen LogP contribution in [0, 0.1) is 13.8 Å². The molecule has 3 aromatic rings. The average molecular weight is 427 g/mol. The van der Waals surface area contributed by atoms with Crippen molar-refractivity contribution < 1.29 is 19.1 Å². The number of carbonyl (C=O) groups excluding carboxylic acids is 2. The van der Waals surface area contributed by atoms with E-state index in [2.05, 4.69) is 18.0 Å². The summed E-state index contributed by atoms with van der Waals surface area (Å²) in [6, 6.07) is 11.0. The summed E-state index contributed by atoms with van der Waals surface area (Å²) in [5.74, 6) is -0.0299. The van der Waals surface area contributed by atoms with Gasteiger partial charge in [0.15, 0.2) is 4.80 Å². The molecule has 0 unspecified atom stereocenters. The smallest absolute Gasteiger partial charge is 0.325 e. The lowest BCUT2D eigenvalue weighted by Crippen LogP contribution is -2.22. The van der Waals surface area contributed by atoms with Gasteiger partial charge in [-0.3, -0.25) is 9.59 Å². The number of fused-ring (bicyclic) bond motifs is 1. The number of ether oxygens (including phenoxy) is 2. The number of unbranched alkanes of at least 4 members (excludes halogenated alkanes) is 1. The van der Waals surface area contributed by atoms with Crippen LogP contribution in [0.1, 0.15) is 41.3 Å². The van der Waals surface area contributed by atoms with Gasteiger partial charge < -0.3 is 14.0 Å². The highest BCUT2D eigenvalue weighted by Crippen LogP contribution is 2.22.